The first-order chi connectivity index (χ1) is 8.40. The van der Waals surface area contributed by atoms with Crippen molar-refractivity contribution in [1.29, 1.82) is 0 Å². The molecule has 0 aliphatic rings. The third kappa shape index (κ3) is 1.48. The van der Waals surface area contributed by atoms with Crippen LogP contribution in [0.1, 0.15) is 0 Å². The summed E-state index contributed by atoms with van der Waals surface area (Å²) >= 11 is 0. The molecule has 0 amide bonds. The van der Waals surface area contributed by atoms with E-state index in [1.807, 2.05) is 0 Å². The molecule has 3 heterocycles. The van der Waals surface area contributed by atoms with Crippen LogP contribution in [-0.4, -0.2) is 36.8 Å². The highest BCUT2D eigenvalue weighted by atomic mass is 15.4. The minimum absolute atomic E-state index is 0.489. The second-order valence-electron chi connectivity index (χ2n) is 3.31. The van der Waals surface area contributed by atoms with E-state index in [9.17, 15) is 0 Å². The Morgan fingerprint density at radius 3 is 2.71 bits per heavy atom. The molecule has 0 atom stereocenters. The Kier molecular flexibility index (Phi) is 2.14. The Bertz CT molecular complexity index is 646. The highest BCUT2D eigenvalue weighted by Gasteiger charge is 2.10. The monoisotopic (exact) mass is 227 g/mol. The van der Waals surface area contributed by atoms with E-state index in [-0.39, 0.29) is 0 Å². The molecule has 0 unspecified atom stereocenters. The molecule has 0 spiro atoms. The van der Waals surface area contributed by atoms with E-state index in [1.54, 1.807) is 36.4 Å². The van der Waals surface area contributed by atoms with Gasteiger partial charge in [-0.3, -0.25) is 0 Å². The van der Waals surface area contributed by atoms with Crippen molar-refractivity contribution in [3.05, 3.63) is 31.0 Å². The van der Waals surface area contributed by atoms with Crippen LogP contribution in [-0.2, 0) is 0 Å². The number of fused-ring (bicyclic) bond motifs is 1. The molecule has 3 rings (SSSR count). The van der Waals surface area contributed by atoms with Crippen LogP contribution in [0.5, 0.6) is 0 Å². The van der Waals surface area contributed by atoms with Crippen LogP contribution in [0.15, 0.2) is 31.0 Å². The number of hydrogen-bond donors (Lipinski definition) is 1. The summed E-state index contributed by atoms with van der Waals surface area (Å²) in [5.74, 6) is 1.22. The van der Waals surface area contributed by atoms with Gasteiger partial charge in [0.05, 0.1) is 11.6 Å². The highest BCUT2D eigenvalue weighted by molar-refractivity contribution is 5.86. The number of hydrogen-bond acceptors (Lipinski definition) is 6. The maximum atomic E-state index is 4.22. The summed E-state index contributed by atoms with van der Waals surface area (Å²) in [5, 5.41) is 8.05. The molecule has 0 aliphatic carbocycles. The van der Waals surface area contributed by atoms with E-state index in [0.717, 1.165) is 11.2 Å². The first-order valence-corrected chi connectivity index (χ1v) is 5.04. The fourth-order valence-corrected chi connectivity index (χ4v) is 1.59. The van der Waals surface area contributed by atoms with Gasteiger partial charge < -0.3 is 5.32 Å². The summed E-state index contributed by atoms with van der Waals surface area (Å²) in [6.45, 7) is 0. The van der Waals surface area contributed by atoms with Crippen LogP contribution in [0.4, 0.5) is 5.82 Å². The molecule has 0 radical (unpaired) electrons. The predicted molar refractivity (Wildman–Crippen MR) is 61.8 cm³/mol. The second-order valence-corrected chi connectivity index (χ2v) is 3.31. The highest BCUT2D eigenvalue weighted by Crippen LogP contribution is 2.19. The topological polar surface area (TPSA) is 81.4 Å². The largest absolute Gasteiger partial charge is 0.372 e. The van der Waals surface area contributed by atoms with Crippen LogP contribution >= 0.6 is 0 Å². The molecule has 0 bridgehead atoms. The fraction of sp³-hybridized carbons (Fsp3) is 0.100. The fourth-order valence-electron chi connectivity index (χ4n) is 1.59. The summed E-state index contributed by atoms with van der Waals surface area (Å²) in [7, 11) is 1.80. The third-order valence-corrected chi connectivity index (χ3v) is 2.34. The molecule has 7 heteroatoms. The number of rotatable bonds is 2. The summed E-state index contributed by atoms with van der Waals surface area (Å²) in [6.07, 6.45) is 6.50. The predicted octanol–water partition coefficient (Wildman–Crippen LogP) is 0.647. The van der Waals surface area contributed by atoms with Crippen molar-refractivity contribution in [3.63, 3.8) is 0 Å². The van der Waals surface area contributed by atoms with Crippen LogP contribution in [0.2, 0.25) is 0 Å². The molecule has 0 aromatic carbocycles. The maximum absolute atomic E-state index is 4.22. The lowest BCUT2D eigenvalue weighted by Crippen LogP contribution is -2.03. The lowest BCUT2D eigenvalue weighted by molar-refractivity contribution is 0.822. The normalized spacial score (nSPS) is 10.6. The number of nitrogens with zero attached hydrogens (tertiary/aromatic N) is 6. The Morgan fingerprint density at radius 2 is 1.94 bits per heavy atom. The van der Waals surface area contributed by atoms with Crippen molar-refractivity contribution in [2.75, 3.05) is 12.4 Å². The van der Waals surface area contributed by atoms with E-state index in [1.165, 1.54) is 6.33 Å². The van der Waals surface area contributed by atoms with Gasteiger partial charge in [0.15, 0.2) is 5.65 Å². The molecular weight excluding hydrogens is 218 g/mol. The lowest BCUT2D eigenvalue weighted by atomic mass is 10.4. The minimum Gasteiger partial charge on any atom is -0.372 e. The maximum Gasteiger partial charge on any atom is 0.252 e. The van der Waals surface area contributed by atoms with Gasteiger partial charge in [0, 0.05) is 19.4 Å². The zero-order valence-corrected chi connectivity index (χ0v) is 9.07. The van der Waals surface area contributed by atoms with Crippen molar-refractivity contribution < 1.29 is 0 Å². The van der Waals surface area contributed by atoms with Crippen LogP contribution in [0.25, 0.3) is 17.0 Å². The van der Waals surface area contributed by atoms with Crippen LogP contribution < -0.4 is 5.32 Å². The van der Waals surface area contributed by atoms with Gasteiger partial charge in [-0.15, -0.1) is 0 Å². The molecule has 0 fully saturated rings. The van der Waals surface area contributed by atoms with E-state index in [0.29, 0.717) is 11.6 Å². The molecule has 3 aromatic rings. The SMILES string of the molecule is CNc1ncnc2c1cnn2-c1ncccn1. The lowest BCUT2D eigenvalue weighted by Gasteiger charge is -2.01. The Labute approximate surface area is 96.6 Å². The molecule has 3 aromatic heterocycles. The molecule has 1 N–H and O–H groups in total. The van der Waals surface area contributed by atoms with Gasteiger partial charge in [0.1, 0.15) is 12.1 Å². The van der Waals surface area contributed by atoms with Gasteiger partial charge in [0.25, 0.3) is 5.95 Å². The average molecular weight is 227 g/mol. The second kappa shape index (κ2) is 3.78. The van der Waals surface area contributed by atoms with E-state index >= 15 is 0 Å². The molecule has 7 nitrogen and oxygen atoms in total. The third-order valence-electron chi connectivity index (χ3n) is 2.34. The molecule has 0 aliphatic heterocycles. The molecule has 17 heavy (non-hydrogen) atoms. The standard InChI is InChI=1S/C10H9N7/c1-11-8-7-5-16-17(9(7)15-6-14-8)10-12-3-2-4-13-10/h2-6H,1H3,(H,11,14,15). The van der Waals surface area contributed by atoms with Crippen molar-refractivity contribution in [3.8, 4) is 5.95 Å². The zero-order valence-electron chi connectivity index (χ0n) is 9.07. The van der Waals surface area contributed by atoms with E-state index < -0.39 is 0 Å². The number of aromatic nitrogens is 6. The van der Waals surface area contributed by atoms with Crippen LogP contribution in [0.3, 0.4) is 0 Å². The van der Waals surface area contributed by atoms with Gasteiger partial charge in [-0.25, -0.2) is 19.9 Å². The minimum atomic E-state index is 0.489. The molecule has 0 saturated carbocycles. The van der Waals surface area contributed by atoms with Gasteiger partial charge in [-0.1, -0.05) is 0 Å². The quantitative estimate of drug-likeness (QED) is 0.692. The Morgan fingerprint density at radius 1 is 1.12 bits per heavy atom. The summed E-state index contributed by atoms with van der Waals surface area (Å²) in [6, 6.07) is 1.75. The van der Waals surface area contributed by atoms with Crippen molar-refractivity contribution in [1.82, 2.24) is 29.7 Å². The summed E-state index contributed by atoms with van der Waals surface area (Å²) in [4.78, 5) is 16.6. The van der Waals surface area contributed by atoms with Gasteiger partial charge in [-0.2, -0.15) is 9.78 Å². The van der Waals surface area contributed by atoms with Crippen LogP contribution in [0, 0.1) is 0 Å². The number of nitrogens with one attached hydrogen (secondary N) is 1. The Hall–Kier alpha value is -2.57. The Balaban J connectivity index is 2.26. The molecule has 0 saturated heterocycles. The first kappa shape index (κ1) is 9.64. The van der Waals surface area contributed by atoms with Gasteiger partial charge >= 0.3 is 0 Å². The van der Waals surface area contributed by atoms with Gasteiger partial charge in [-0.05, 0) is 6.07 Å². The van der Waals surface area contributed by atoms with Gasteiger partial charge in [0.2, 0.25) is 0 Å². The van der Waals surface area contributed by atoms with E-state index in [2.05, 4.69) is 30.4 Å². The average Bonchev–Trinajstić information content (AvgIpc) is 2.83. The summed E-state index contributed by atoms with van der Waals surface area (Å²) < 4.78 is 1.58. The summed E-state index contributed by atoms with van der Waals surface area (Å²) in [5.41, 5.74) is 0.676. The van der Waals surface area contributed by atoms with Crippen molar-refractivity contribution >= 4 is 16.9 Å². The number of anilines is 1. The van der Waals surface area contributed by atoms with Crippen molar-refractivity contribution in [2.45, 2.75) is 0 Å². The smallest absolute Gasteiger partial charge is 0.252 e. The molecule has 84 valence electrons. The first-order valence-electron chi connectivity index (χ1n) is 5.04. The van der Waals surface area contributed by atoms with Crippen molar-refractivity contribution in [2.24, 2.45) is 0 Å². The van der Waals surface area contributed by atoms with E-state index in [4.69, 9.17) is 0 Å². The molecular formula is C10H9N7. The zero-order chi connectivity index (χ0) is 11.7.